The van der Waals surface area contributed by atoms with Crippen molar-refractivity contribution in [3.8, 4) is 0 Å². The van der Waals surface area contributed by atoms with E-state index in [0.717, 1.165) is 18.5 Å². The molecule has 5 N–H and O–H groups in total. The van der Waals surface area contributed by atoms with E-state index in [2.05, 4.69) is 15.3 Å². The summed E-state index contributed by atoms with van der Waals surface area (Å²) in [6.45, 7) is 0.856. The Morgan fingerprint density at radius 2 is 1.71 bits per heavy atom. The van der Waals surface area contributed by atoms with Gasteiger partial charge in [0, 0.05) is 37.2 Å². The molecular weight excluding hydrogens is 565 g/mol. The lowest BCUT2D eigenvalue weighted by Gasteiger charge is -2.35. The fourth-order valence-corrected chi connectivity index (χ4v) is 4.86. The topological polar surface area (TPSA) is 128 Å². The number of amides is 1. The van der Waals surface area contributed by atoms with Crippen LogP contribution in [0.15, 0.2) is 30.6 Å². The third-order valence-corrected chi connectivity index (χ3v) is 7.29. The lowest BCUT2D eigenvalue weighted by Crippen LogP contribution is -2.53. The minimum absolute atomic E-state index is 0.0202. The Morgan fingerprint density at radius 3 is 2.24 bits per heavy atom. The van der Waals surface area contributed by atoms with Crippen molar-refractivity contribution < 1.29 is 45.7 Å². The molecule has 2 fully saturated rings. The second-order valence-electron chi connectivity index (χ2n) is 10.3. The van der Waals surface area contributed by atoms with Gasteiger partial charge in [0.2, 0.25) is 11.7 Å². The minimum Gasteiger partial charge on any atom is -0.391 e. The standard InChI is InChI=1S/C25H29F7N6O3/c26-20-21(34-9-15-7-8-37(11-18(15)39)12-19(33)40)35-13-36-22(20)38(17-5-6-17)10-14-1-3-16(4-2-14)23(41,24(27,28)29)25(30,31)32/h1-4,13,15,17-18,39,41H,5-12H2,(H2,33,40)(H,34,35,36)/t15-,18+/m0/s1. The first-order chi connectivity index (χ1) is 19.1. The summed E-state index contributed by atoms with van der Waals surface area (Å²) in [7, 11) is 0. The second-order valence-corrected chi connectivity index (χ2v) is 10.3. The number of carbonyl (C=O) groups excluding carboxylic acids is 1. The first kappa shape index (κ1) is 30.7. The predicted octanol–water partition coefficient (Wildman–Crippen LogP) is 2.68. The molecule has 1 aliphatic carbocycles. The Balaban J connectivity index is 1.47. The number of aromatic nitrogens is 2. The summed E-state index contributed by atoms with van der Waals surface area (Å²) in [4.78, 5) is 22.4. The smallest absolute Gasteiger partial charge is 0.391 e. The molecule has 1 aromatic heterocycles. The summed E-state index contributed by atoms with van der Waals surface area (Å²) in [6, 6.07) is 2.95. The molecule has 9 nitrogen and oxygen atoms in total. The van der Waals surface area contributed by atoms with Gasteiger partial charge in [-0.2, -0.15) is 30.7 Å². The van der Waals surface area contributed by atoms with Gasteiger partial charge in [-0.1, -0.05) is 24.3 Å². The number of piperidine rings is 1. The van der Waals surface area contributed by atoms with Gasteiger partial charge in [-0.15, -0.1) is 0 Å². The normalized spacial score (nSPS) is 20.6. The largest absolute Gasteiger partial charge is 0.430 e. The fourth-order valence-electron chi connectivity index (χ4n) is 4.86. The highest BCUT2D eigenvalue weighted by Crippen LogP contribution is 2.50. The molecule has 2 atom stereocenters. The third kappa shape index (κ3) is 6.64. The third-order valence-electron chi connectivity index (χ3n) is 7.29. The molecule has 1 aliphatic heterocycles. The second kappa shape index (κ2) is 11.6. The fraction of sp³-hybridized carbons (Fsp3) is 0.560. The quantitative estimate of drug-likeness (QED) is 0.310. The molecule has 226 valence electrons. The number of hydrogen-bond donors (Lipinski definition) is 4. The Kier molecular flexibility index (Phi) is 8.66. The van der Waals surface area contributed by atoms with Gasteiger partial charge in [0.1, 0.15) is 6.33 Å². The lowest BCUT2D eigenvalue weighted by molar-refractivity contribution is -0.376. The van der Waals surface area contributed by atoms with Gasteiger partial charge >= 0.3 is 12.4 Å². The molecule has 0 radical (unpaired) electrons. The number of nitrogens with one attached hydrogen (secondary N) is 1. The Hall–Kier alpha value is -3.24. The Labute approximate surface area is 230 Å². The van der Waals surface area contributed by atoms with E-state index in [4.69, 9.17) is 5.73 Å². The van der Waals surface area contributed by atoms with E-state index in [1.54, 1.807) is 9.80 Å². The van der Waals surface area contributed by atoms with Gasteiger partial charge in [0.05, 0.1) is 12.6 Å². The average molecular weight is 595 g/mol. The summed E-state index contributed by atoms with van der Waals surface area (Å²) in [5, 5.41) is 22.9. The van der Waals surface area contributed by atoms with E-state index in [1.807, 2.05) is 0 Å². The van der Waals surface area contributed by atoms with E-state index < -0.39 is 41.3 Å². The number of halogens is 7. The van der Waals surface area contributed by atoms with Crippen molar-refractivity contribution in [1.29, 1.82) is 0 Å². The van der Waals surface area contributed by atoms with E-state index in [0.29, 0.717) is 37.9 Å². The van der Waals surface area contributed by atoms with Crippen molar-refractivity contribution in [3.05, 3.63) is 47.5 Å². The maximum absolute atomic E-state index is 15.5. The molecule has 41 heavy (non-hydrogen) atoms. The summed E-state index contributed by atoms with van der Waals surface area (Å²) < 4.78 is 94.8. The summed E-state index contributed by atoms with van der Waals surface area (Å²) in [5.74, 6) is -1.82. The van der Waals surface area contributed by atoms with Gasteiger partial charge in [-0.05, 0) is 31.4 Å². The number of alkyl halides is 6. The molecule has 2 heterocycles. The number of carbonyl (C=O) groups is 1. The summed E-state index contributed by atoms with van der Waals surface area (Å²) in [5.41, 5.74) is -0.964. The number of nitrogens with zero attached hydrogens (tertiary/aromatic N) is 4. The number of anilines is 2. The predicted molar refractivity (Wildman–Crippen MR) is 132 cm³/mol. The molecule has 1 amide bonds. The van der Waals surface area contributed by atoms with Crippen LogP contribution in [0, 0.1) is 11.7 Å². The molecule has 2 aliphatic rings. The SMILES string of the molecule is NC(=O)CN1CC[C@@H](CNc2ncnc(N(Cc3ccc(C(O)(C(F)(F)F)C(F)(F)F)cc3)C3CC3)c2F)[C@H](O)C1. The van der Waals surface area contributed by atoms with Crippen molar-refractivity contribution in [2.24, 2.45) is 11.7 Å². The number of β-amino-alcohol motifs (C(OH)–C–C–N with tert-alkyl or cyclic N) is 1. The monoisotopic (exact) mass is 594 g/mol. The molecule has 0 unspecified atom stereocenters. The minimum atomic E-state index is -6.00. The number of rotatable bonds is 10. The molecule has 1 aromatic carbocycles. The maximum atomic E-state index is 15.5. The van der Waals surface area contributed by atoms with E-state index in [1.165, 1.54) is 0 Å². The molecule has 4 rings (SSSR count). The zero-order valence-electron chi connectivity index (χ0n) is 21.6. The maximum Gasteiger partial charge on any atom is 0.430 e. The average Bonchev–Trinajstić information content (AvgIpc) is 3.71. The van der Waals surface area contributed by atoms with Crippen LogP contribution in [0.4, 0.5) is 42.4 Å². The van der Waals surface area contributed by atoms with Crippen LogP contribution in [0.2, 0.25) is 0 Å². The van der Waals surface area contributed by atoms with Gasteiger partial charge < -0.3 is 26.2 Å². The lowest BCUT2D eigenvalue weighted by atomic mass is 9.91. The highest BCUT2D eigenvalue weighted by atomic mass is 19.4. The van der Waals surface area contributed by atoms with Crippen molar-refractivity contribution in [1.82, 2.24) is 14.9 Å². The zero-order chi connectivity index (χ0) is 30.2. The molecule has 1 saturated heterocycles. The van der Waals surface area contributed by atoms with Crippen molar-refractivity contribution in [2.75, 3.05) is 36.4 Å². The van der Waals surface area contributed by atoms with E-state index in [-0.39, 0.29) is 55.3 Å². The number of primary amides is 1. The summed E-state index contributed by atoms with van der Waals surface area (Å²) in [6.07, 6.45) is -9.82. The van der Waals surface area contributed by atoms with Crippen LogP contribution in [0.3, 0.4) is 0 Å². The van der Waals surface area contributed by atoms with E-state index in [9.17, 15) is 41.4 Å². The van der Waals surface area contributed by atoms with Crippen LogP contribution in [0.1, 0.15) is 30.4 Å². The van der Waals surface area contributed by atoms with Crippen molar-refractivity contribution >= 4 is 17.5 Å². The molecule has 0 bridgehead atoms. The molecule has 1 saturated carbocycles. The van der Waals surface area contributed by atoms with Crippen molar-refractivity contribution in [2.45, 2.75) is 55.9 Å². The van der Waals surface area contributed by atoms with E-state index >= 15 is 4.39 Å². The van der Waals surface area contributed by atoms with Crippen LogP contribution >= 0.6 is 0 Å². The number of hydrogen-bond acceptors (Lipinski definition) is 8. The first-order valence-corrected chi connectivity index (χ1v) is 12.8. The van der Waals surface area contributed by atoms with Crippen LogP contribution in [-0.2, 0) is 16.9 Å². The molecule has 16 heteroatoms. The molecule has 2 aromatic rings. The van der Waals surface area contributed by atoms with Crippen LogP contribution in [0.5, 0.6) is 0 Å². The van der Waals surface area contributed by atoms with Crippen LogP contribution in [-0.4, -0.2) is 81.7 Å². The van der Waals surface area contributed by atoms with Gasteiger partial charge in [-0.3, -0.25) is 9.69 Å². The first-order valence-electron chi connectivity index (χ1n) is 12.8. The highest BCUT2D eigenvalue weighted by Gasteiger charge is 2.71. The van der Waals surface area contributed by atoms with Crippen molar-refractivity contribution in [3.63, 3.8) is 0 Å². The number of benzene rings is 1. The zero-order valence-corrected chi connectivity index (χ0v) is 21.6. The van der Waals surface area contributed by atoms with Gasteiger partial charge in [0.25, 0.3) is 5.60 Å². The highest BCUT2D eigenvalue weighted by molar-refractivity contribution is 5.75. The van der Waals surface area contributed by atoms with Gasteiger partial charge in [-0.25, -0.2) is 9.97 Å². The van der Waals surface area contributed by atoms with Crippen LogP contribution in [0.25, 0.3) is 0 Å². The van der Waals surface area contributed by atoms with Gasteiger partial charge in [0.15, 0.2) is 11.6 Å². The Bertz CT molecular complexity index is 1210. The molecule has 0 spiro atoms. The number of likely N-dealkylation sites (tertiary alicyclic amines) is 1. The number of aliphatic hydroxyl groups is 2. The molecular formula is C25H29F7N6O3. The number of nitrogens with two attached hydrogens (primary N) is 1. The van der Waals surface area contributed by atoms with Crippen LogP contribution < -0.4 is 16.0 Å². The Morgan fingerprint density at radius 1 is 1.07 bits per heavy atom. The number of aliphatic hydroxyl groups excluding tert-OH is 1. The summed E-state index contributed by atoms with van der Waals surface area (Å²) >= 11 is 0.